The Morgan fingerprint density at radius 3 is 2.45 bits per heavy atom. The average molecular weight is 159 g/mol. The molecule has 0 unspecified atom stereocenters. The molecule has 3 heteroatoms. The van der Waals surface area contributed by atoms with Gasteiger partial charge in [0.1, 0.15) is 0 Å². The van der Waals surface area contributed by atoms with Crippen molar-refractivity contribution in [2.45, 2.75) is 39.2 Å². The standard InChI is InChI=1S/C8H17NO2/c1-4-5-9-7(10)6-8(2,3)11/h11H,4-6H2,1-3H3,(H,9,10). The number of nitrogens with one attached hydrogen (secondary N) is 1. The summed E-state index contributed by atoms with van der Waals surface area (Å²) in [6, 6.07) is 0. The molecule has 66 valence electrons. The van der Waals surface area contributed by atoms with Crippen LogP contribution >= 0.6 is 0 Å². The van der Waals surface area contributed by atoms with Crippen molar-refractivity contribution in [3.8, 4) is 0 Å². The third-order valence-corrected chi connectivity index (χ3v) is 1.17. The molecule has 2 N–H and O–H groups in total. The molecule has 0 aromatic carbocycles. The lowest BCUT2D eigenvalue weighted by Crippen LogP contribution is -2.32. The van der Waals surface area contributed by atoms with E-state index in [-0.39, 0.29) is 12.3 Å². The van der Waals surface area contributed by atoms with E-state index in [1.807, 2.05) is 6.92 Å². The van der Waals surface area contributed by atoms with Crippen LogP contribution in [0.25, 0.3) is 0 Å². The van der Waals surface area contributed by atoms with Gasteiger partial charge in [-0.25, -0.2) is 0 Å². The third-order valence-electron chi connectivity index (χ3n) is 1.17. The van der Waals surface area contributed by atoms with Crippen LogP contribution in [0, 0.1) is 0 Å². The van der Waals surface area contributed by atoms with Gasteiger partial charge in [-0.05, 0) is 20.3 Å². The van der Waals surface area contributed by atoms with Crippen molar-refractivity contribution in [2.24, 2.45) is 0 Å². The number of hydrogen-bond donors (Lipinski definition) is 2. The van der Waals surface area contributed by atoms with Gasteiger partial charge in [-0.2, -0.15) is 0 Å². The molecule has 0 rings (SSSR count). The summed E-state index contributed by atoms with van der Waals surface area (Å²) >= 11 is 0. The summed E-state index contributed by atoms with van der Waals surface area (Å²) < 4.78 is 0. The van der Waals surface area contributed by atoms with Crippen molar-refractivity contribution in [3.05, 3.63) is 0 Å². The van der Waals surface area contributed by atoms with Crippen LogP contribution in [0.5, 0.6) is 0 Å². The summed E-state index contributed by atoms with van der Waals surface area (Å²) in [6.07, 6.45) is 1.10. The molecule has 0 aliphatic rings. The summed E-state index contributed by atoms with van der Waals surface area (Å²) in [5, 5.41) is 11.9. The first-order chi connectivity index (χ1) is 4.95. The highest BCUT2D eigenvalue weighted by Crippen LogP contribution is 2.05. The van der Waals surface area contributed by atoms with Gasteiger partial charge in [-0.1, -0.05) is 6.92 Å². The number of carbonyl (C=O) groups is 1. The van der Waals surface area contributed by atoms with Gasteiger partial charge in [-0.15, -0.1) is 0 Å². The zero-order valence-corrected chi connectivity index (χ0v) is 7.48. The van der Waals surface area contributed by atoms with Gasteiger partial charge in [0.2, 0.25) is 5.91 Å². The van der Waals surface area contributed by atoms with Gasteiger partial charge >= 0.3 is 0 Å². The van der Waals surface area contributed by atoms with E-state index in [9.17, 15) is 9.90 Å². The maximum atomic E-state index is 10.9. The SMILES string of the molecule is CCCNC(=O)CC(C)(C)O. The topological polar surface area (TPSA) is 49.3 Å². The average Bonchev–Trinajstić information content (AvgIpc) is 1.79. The van der Waals surface area contributed by atoms with Crippen LogP contribution in [-0.2, 0) is 4.79 Å². The Morgan fingerprint density at radius 1 is 1.55 bits per heavy atom. The highest BCUT2D eigenvalue weighted by molar-refractivity contribution is 5.76. The van der Waals surface area contributed by atoms with E-state index in [0.29, 0.717) is 6.54 Å². The lowest BCUT2D eigenvalue weighted by atomic mass is 10.1. The summed E-state index contributed by atoms with van der Waals surface area (Å²) in [7, 11) is 0. The Hall–Kier alpha value is -0.570. The van der Waals surface area contributed by atoms with Gasteiger partial charge in [0.15, 0.2) is 0 Å². The van der Waals surface area contributed by atoms with E-state index in [1.165, 1.54) is 0 Å². The van der Waals surface area contributed by atoms with Gasteiger partial charge in [0, 0.05) is 6.54 Å². The van der Waals surface area contributed by atoms with Crippen molar-refractivity contribution in [3.63, 3.8) is 0 Å². The largest absolute Gasteiger partial charge is 0.390 e. The van der Waals surface area contributed by atoms with Gasteiger partial charge in [-0.3, -0.25) is 4.79 Å². The van der Waals surface area contributed by atoms with E-state index < -0.39 is 5.60 Å². The molecule has 0 saturated carbocycles. The molecule has 0 aliphatic carbocycles. The molecular formula is C8H17NO2. The molecule has 0 fully saturated rings. The second-order valence-corrected chi connectivity index (χ2v) is 3.34. The van der Waals surface area contributed by atoms with Crippen LogP contribution in [0.2, 0.25) is 0 Å². The number of aliphatic hydroxyl groups is 1. The Kier molecular flexibility index (Phi) is 4.11. The first-order valence-corrected chi connectivity index (χ1v) is 3.95. The van der Waals surface area contributed by atoms with Crippen molar-refractivity contribution in [1.29, 1.82) is 0 Å². The van der Waals surface area contributed by atoms with E-state index >= 15 is 0 Å². The molecule has 0 saturated heterocycles. The van der Waals surface area contributed by atoms with Crippen LogP contribution in [0.3, 0.4) is 0 Å². The van der Waals surface area contributed by atoms with Gasteiger partial charge in [0.05, 0.1) is 12.0 Å². The van der Waals surface area contributed by atoms with Crippen LogP contribution < -0.4 is 5.32 Å². The molecule has 0 heterocycles. The number of carbonyl (C=O) groups excluding carboxylic acids is 1. The molecule has 1 amide bonds. The van der Waals surface area contributed by atoms with Crippen molar-refractivity contribution >= 4 is 5.91 Å². The Bertz CT molecular complexity index is 127. The van der Waals surface area contributed by atoms with E-state index in [1.54, 1.807) is 13.8 Å². The highest BCUT2D eigenvalue weighted by Gasteiger charge is 2.16. The Morgan fingerprint density at radius 2 is 2.09 bits per heavy atom. The predicted octanol–water partition coefficient (Wildman–Crippen LogP) is 0.674. The maximum absolute atomic E-state index is 10.9. The molecule has 0 radical (unpaired) electrons. The van der Waals surface area contributed by atoms with E-state index in [2.05, 4.69) is 5.32 Å². The molecule has 3 nitrogen and oxygen atoms in total. The maximum Gasteiger partial charge on any atom is 0.222 e. The van der Waals surface area contributed by atoms with Crippen molar-refractivity contribution in [1.82, 2.24) is 5.32 Å². The fraction of sp³-hybridized carbons (Fsp3) is 0.875. The fourth-order valence-corrected chi connectivity index (χ4v) is 0.720. The van der Waals surface area contributed by atoms with Gasteiger partial charge < -0.3 is 10.4 Å². The Labute approximate surface area is 67.8 Å². The Balaban J connectivity index is 3.53. The summed E-state index contributed by atoms with van der Waals surface area (Å²) in [5.41, 5.74) is -0.891. The number of hydrogen-bond acceptors (Lipinski definition) is 2. The zero-order chi connectivity index (χ0) is 8.91. The van der Waals surface area contributed by atoms with Crippen LogP contribution in [0.4, 0.5) is 0 Å². The lowest BCUT2D eigenvalue weighted by Gasteiger charge is -2.15. The van der Waals surface area contributed by atoms with Gasteiger partial charge in [0.25, 0.3) is 0 Å². The molecule has 0 aromatic rings. The molecule has 0 spiro atoms. The van der Waals surface area contributed by atoms with Crippen molar-refractivity contribution in [2.75, 3.05) is 6.54 Å². The number of amides is 1. The molecule has 0 aliphatic heterocycles. The summed E-state index contributed by atoms with van der Waals surface area (Å²) in [4.78, 5) is 10.9. The predicted molar refractivity (Wildman–Crippen MR) is 44.2 cm³/mol. The van der Waals surface area contributed by atoms with Crippen LogP contribution in [-0.4, -0.2) is 23.2 Å². The summed E-state index contributed by atoms with van der Waals surface area (Å²) in [5.74, 6) is -0.0839. The first kappa shape index (κ1) is 10.4. The molecule has 0 atom stereocenters. The van der Waals surface area contributed by atoms with Crippen molar-refractivity contribution < 1.29 is 9.90 Å². The third kappa shape index (κ3) is 7.33. The monoisotopic (exact) mass is 159 g/mol. The quantitative estimate of drug-likeness (QED) is 0.633. The minimum atomic E-state index is -0.891. The molecule has 11 heavy (non-hydrogen) atoms. The summed E-state index contributed by atoms with van der Waals surface area (Å²) in [6.45, 7) is 5.93. The highest BCUT2D eigenvalue weighted by atomic mass is 16.3. The normalized spacial score (nSPS) is 11.3. The molecule has 0 bridgehead atoms. The minimum Gasteiger partial charge on any atom is -0.390 e. The van der Waals surface area contributed by atoms with E-state index in [0.717, 1.165) is 6.42 Å². The van der Waals surface area contributed by atoms with Crippen LogP contribution in [0.15, 0.2) is 0 Å². The van der Waals surface area contributed by atoms with Crippen LogP contribution in [0.1, 0.15) is 33.6 Å². The second-order valence-electron chi connectivity index (χ2n) is 3.34. The van der Waals surface area contributed by atoms with E-state index in [4.69, 9.17) is 0 Å². The molecule has 0 aromatic heterocycles. The minimum absolute atomic E-state index is 0.0839. The molecular weight excluding hydrogens is 142 g/mol. The fourth-order valence-electron chi connectivity index (χ4n) is 0.720. The zero-order valence-electron chi connectivity index (χ0n) is 7.48. The number of rotatable bonds is 4. The second kappa shape index (κ2) is 4.34. The smallest absolute Gasteiger partial charge is 0.222 e. The lowest BCUT2D eigenvalue weighted by molar-refractivity contribution is -0.124. The first-order valence-electron chi connectivity index (χ1n) is 3.95.